The normalized spacial score (nSPS) is 12.9. The third-order valence-corrected chi connectivity index (χ3v) is 3.74. The summed E-state index contributed by atoms with van der Waals surface area (Å²) in [5.74, 6) is -7.88. The molecular formula is C12H8ClF5N4O3S. The Hall–Kier alpha value is -2.28. The Morgan fingerprint density at radius 2 is 1.88 bits per heavy atom. The molecule has 14 heteroatoms. The zero-order valence-corrected chi connectivity index (χ0v) is 14.1. The Kier molecular flexibility index (Phi) is 4.98. The van der Waals surface area contributed by atoms with Crippen molar-refractivity contribution in [2.45, 2.75) is 12.1 Å². The van der Waals surface area contributed by atoms with Crippen molar-refractivity contribution in [2.75, 3.05) is 6.26 Å². The van der Waals surface area contributed by atoms with Crippen molar-refractivity contribution in [3.8, 4) is 5.82 Å². The van der Waals surface area contributed by atoms with Gasteiger partial charge in [-0.15, -0.1) is 0 Å². The van der Waals surface area contributed by atoms with Gasteiger partial charge in [-0.3, -0.25) is 4.79 Å². The van der Waals surface area contributed by atoms with Gasteiger partial charge in [0, 0.05) is 6.20 Å². The van der Waals surface area contributed by atoms with Crippen molar-refractivity contribution < 1.29 is 35.2 Å². The van der Waals surface area contributed by atoms with Crippen LogP contribution in [0.3, 0.4) is 0 Å². The summed E-state index contributed by atoms with van der Waals surface area (Å²) in [4.78, 5) is 15.5. The molecule has 0 aliphatic heterocycles. The van der Waals surface area contributed by atoms with Crippen LogP contribution in [-0.4, -0.2) is 41.5 Å². The number of carbonyl (C=O) groups is 1. The number of pyridine rings is 1. The van der Waals surface area contributed by atoms with Gasteiger partial charge in [0.1, 0.15) is 5.69 Å². The number of nitrogens with one attached hydrogen (secondary N) is 1. The van der Waals surface area contributed by atoms with Gasteiger partial charge < -0.3 is 0 Å². The average Bonchev–Trinajstić information content (AvgIpc) is 2.90. The van der Waals surface area contributed by atoms with E-state index < -0.39 is 45.1 Å². The fourth-order valence-corrected chi connectivity index (χ4v) is 2.52. The average molecular weight is 419 g/mol. The van der Waals surface area contributed by atoms with Gasteiger partial charge in [-0.05, 0) is 12.1 Å². The Morgan fingerprint density at radius 1 is 1.27 bits per heavy atom. The molecule has 0 aliphatic carbocycles. The van der Waals surface area contributed by atoms with E-state index in [0.29, 0.717) is 12.5 Å². The number of sulfonamides is 1. The molecule has 2 aromatic heterocycles. The number of hydrogen-bond donors (Lipinski definition) is 1. The molecule has 0 aromatic carbocycles. The van der Waals surface area contributed by atoms with Crippen molar-refractivity contribution in [3.05, 3.63) is 40.8 Å². The highest BCUT2D eigenvalue weighted by Gasteiger charge is 2.62. The van der Waals surface area contributed by atoms with Gasteiger partial charge in [0.25, 0.3) is 5.91 Å². The number of hydrogen-bond acceptors (Lipinski definition) is 5. The highest BCUT2D eigenvalue weighted by Crippen LogP contribution is 2.45. The predicted molar refractivity (Wildman–Crippen MR) is 78.6 cm³/mol. The number of aromatic nitrogens is 3. The molecule has 0 bridgehead atoms. The molecule has 0 saturated heterocycles. The fourth-order valence-electron chi connectivity index (χ4n) is 1.87. The van der Waals surface area contributed by atoms with E-state index in [0.717, 1.165) is 12.3 Å². The summed E-state index contributed by atoms with van der Waals surface area (Å²) in [7, 11) is -4.24. The van der Waals surface area contributed by atoms with E-state index in [-0.39, 0.29) is 9.70 Å². The lowest BCUT2D eigenvalue weighted by Gasteiger charge is -2.21. The van der Waals surface area contributed by atoms with Gasteiger partial charge in [-0.25, -0.2) is 22.8 Å². The number of rotatable bonds is 4. The second-order valence-electron chi connectivity index (χ2n) is 4.90. The molecule has 0 unspecified atom stereocenters. The summed E-state index contributed by atoms with van der Waals surface area (Å²) >= 11 is 5.74. The number of halogens is 6. The zero-order chi connectivity index (χ0) is 19.9. The van der Waals surface area contributed by atoms with Crippen LogP contribution in [0.2, 0.25) is 5.02 Å². The number of alkyl halides is 5. The van der Waals surface area contributed by atoms with Crippen molar-refractivity contribution in [1.82, 2.24) is 19.5 Å². The highest BCUT2D eigenvalue weighted by molar-refractivity contribution is 7.89. The van der Waals surface area contributed by atoms with Gasteiger partial charge in [-0.2, -0.15) is 27.1 Å². The molecule has 7 nitrogen and oxygen atoms in total. The number of nitrogens with zero attached hydrogens (tertiary/aromatic N) is 3. The minimum absolute atomic E-state index is 0.0347. The second-order valence-corrected chi connectivity index (χ2v) is 7.06. The van der Waals surface area contributed by atoms with Crippen LogP contribution in [0, 0.1) is 0 Å². The van der Waals surface area contributed by atoms with E-state index in [4.69, 9.17) is 11.6 Å². The van der Waals surface area contributed by atoms with Crippen molar-refractivity contribution in [2.24, 2.45) is 0 Å². The van der Waals surface area contributed by atoms with E-state index in [2.05, 4.69) is 10.1 Å². The van der Waals surface area contributed by atoms with Gasteiger partial charge in [0.15, 0.2) is 5.82 Å². The molecule has 0 radical (unpaired) electrons. The Balaban J connectivity index is 2.77. The lowest BCUT2D eigenvalue weighted by molar-refractivity contribution is -0.291. The molecule has 0 atom stereocenters. The molecular weight excluding hydrogens is 411 g/mol. The SMILES string of the molecule is CS(=O)(=O)NC(=O)c1cnn(-c2ncccc2Cl)c1C(F)(F)C(F)(F)F. The Bertz CT molecular complexity index is 958. The van der Waals surface area contributed by atoms with E-state index in [9.17, 15) is 35.2 Å². The van der Waals surface area contributed by atoms with Crippen molar-refractivity contribution >= 4 is 27.5 Å². The van der Waals surface area contributed by atoms with Gasteiger partial charge in [0.05, 0.1) is 23.0 Å². The van der Waals surface area contributed by atoms with E-state index in [1.165, 1.54) is 10.8 Å². The Morgan fingerprint density at radius 3 is 2.38 bits per heavy atom. The summed E-state index contributed by atoms with van der Waals surface area (Å²) in [6, 6.07) is 2.44. The molecule has 0 saturated carbocycles. The molecule has 2 heterocycles. The quantitative estimate of drug-likeness (QED) is 0.769. The fraction of sp³-hybridized carbons (Fsp3) is 0.250. The minimum atomic E-state index is -6.11. The van der Waals surface area contributed by atoms with E-state index in [1.807, 2.05) is 0 Å². The van der Waals surface area contributed by atoms with E-state index in [1.54, 1.807) is 0 Å². The first-order valence-electron chi connectivity index (χ1n) is 6.41. The second kappa shape index (κ2) is 6.46. The molecule has 142 valence electrons. The van der Waals surface area contributed by atoms with Crippen LogP contribution in [0.5, 0.6) is 0 Å². The summed E-state index contributed by atoms with van der Waals surface area (Å²) in [5, 5.41) is 2.98. The van der Waals surface area contributed by atoms with Gasteiger partial charge in [-0.1, -0.05) is 11.6 Å². The maximum absolute atomic E-state index is 14.0. The zero-order valence-electron chi connectivity index (χ0n) is 12.6. The number of carbonyl (C=O) groups excluding carboxylic acids is 1. The summed E-state index contributed by atoms with van der Waals surface area (Å²) in [6.45, 7) is 0. The van der Waals surface area contributed by atoms with Crippen LogP contribution in [0.1, 0.15) is 16.1 Å². The van der Waals surface area contributed by atoms with Crippen molar-refractivity contribution in [3.63, 3.8) is 0 Å². The summed E-state index contributed by atoms with van der Waals surface area (Å²) in [5.41, 5.74) is -3.23. The van der Waals surface area contributed by atoms with Crippen LogP contribution in [0.15, 0.2) is 24.5 Å². The maximum Gasteiger partial charge on any atom is 0.459 e. The first kappa shape index (κ1) is 20.0. The first-order chi connectivity index (χ1) is 11.8. The minimum Gasteiger partial charge on any atom is -0.268 e. The molecule has 26 heavy (non-hydrogen) atoms. The van der Waals surface area contributed by atoms with Crippen LogP contribution in [0.4, 0.5) is 22.0 Å². The smallest absolute Gasteiger partial charge is 0.268 e. The van der Waals surface area contributed by atoms with Crippen molar-refractivity contribution in [1.29, 1.82) is 0 Å². The molecule has 0 spiro atoms. The van der Waals surface area contributed by atoms with Crippen LogP contribution in [0.25, 0.3) is 5.82 Å². The van der Waals surface area contributed by atoms with E-state index >= 15 is 0 Å². The van der Waals surface area contributed by atoms with Gasteiger partial charge >= 0.3 is 12.1 Å². The van der Waals surface area contributed by atoms with Crippen LogP contribution >= 0.6 is 11.6 Å². The topological polar surface area (TPSA) is 94.0 Å². The molecule has 2 rings (SSSR count). The molecule has 0 aliphatic rings. The maximum atomic E-state index is 14.0. The largest absolute Gasteiger partial charge is 0.459 e. The molecule has 0 fully saturated rings. The lowest BCUT2D eigenvalue weighted by Crippen LogP contribution is -2.39. The predicted octanol–water partition coefficient (Wildman–Crippen LogP) is 2.26. The van der Waals surface area contributed by atoms with Crippen LogP contribution in [-0.2, 0) is 15.9 Å². The summed E-state index contributed by atoms with van der Waals surface area (Å²) < 4.78 is 90.3. The monoisotopic (exact) mass is 418 g/mol. The standard InChI is InChI=1S/C12H8ClF5N4O3S/c1-26(24,25)21-10(23)6-5-20-22(9-7(13)3-2-4-19-9)8(6)11(14,15)12(16,17)18/h2-5H,1H3,(H,21,23). The third kappa shape index (κ3) is 3.77. The summed E-state index contributed by atoms with van der Waals surface area (Å²) in [6.07, 6.45) is -4.17. The Labute approximate surface area is 147 Å². The lowest BCUT2D eigenvalue weighted by atomic mass is 10.1. The molecule has 1 amide bonds. The molecule has 1 N–H and O–H groups in total. The van der Waals surface area contributed by atoms with Gasteiger partial charge in [0.2, 0.25) is 10.0 Å². The van der Waals surface area contributed by atoms with Crippen LogP contribution < -0.4 is 4.72 Å². The molecule has 2 aromatic rings. The first-order valence-corrected chi connectivity index (χ1v) is 8.68. The highest BCUT2D eigenvalue weighted by atomic mass is 35.5. The number of amides is 1. The third-order valence-electron chi connectivity index (χ3n) is 2.89.